The van der Waals surface area contributed by atoms with Gasteiger partial charge in [-0.05, 0) is 63.7 Å². The molecule has 0 saturated carbocycles. The Bertz CT molecular complexity index is 856. The van der Waals surface area contributed by atoms with Gasteiger partial charge in [-0.3, -0.25) is 20.4 Å². The van der Waals surface area contributed by atoms with Crippen LogP contribution < -0.4 is 20.3 Å². The van der Waals surface area contributed by atoms with Gasteiger partial charge in [0.15, 0.2) is 13.2 Å². The third-order valence-corrected chi connectivity index (χ3v) is 5.34. The summed E-state index contributed by atoms with van der Waals surface area (Å²) in [4.78, 5) is 23.6. The minimum absolute atomic E-state index is 0.0872. The van der Waals surface area contributed by atoms with Crippen LogP contribution in [0.25, 0.3) is 0 Å². The molecule has 29 heavy (non-hydrogen) atoms. The van der Waals surface area contributed by atoms with Crippen LogP contribution in [0.2, 0.25) is 5.02 Å². The summed E-state index contributed by atoms with van der Waals surface area (Å²) in [7, 11) is 0. The maximum atomic E-state index is 11.8. The average Bonchev–Trinajstić information content (AvgIpc) is 2.70. The quantitative estimate of drug-likeness (QED) is 0.546. The molecule has 0 aromatic heterocycles. The van der Waals surface area contributed by atoms with Gasteiger partial charge >= 0.3 is 0 Å². The summed E-state index contributed by atoms with van der Waals surface area (Å²) in [5.74, 6) is 0.0577. The fourth-order valence-electron chi connectivity index (χ4n) is 2.30. The van der Waals surface area contributed by atoms with Crippen LogP contribution in [-0.2, 0) is 15.0 Å². The number of nitrogens with one attached hydrogen (secondary N) is 2. The van der Waals surface area contributed by atoms with Crippen molar-refractivity contribution in [3.05, 3.63) is 57.5 Å². The van der Waals surface area contributed by atoms with E-state index in [0.717, 1.165) is 6.42 Å². The molecular weight excluding hydrogens is 460 g/mol. The van der Waals surface area contributed by atoms with Crippen LogP contribution in [-0.4, -0.2) is 25.0 Å². The molecule has 2 aromatic rings. The van der Waals surface area contributed by atoms with E-state index in [1.807, 2.05) is 24.3 Å². The van der Waals surface area contributed by atoms with Crippen LogP contribution in [0.3, 0.4) is 0 Å². The molecule has 2 aromatic carbocycles. The van der Waals surface area contributed by atoms with Crippen LogP contribution in [0.1, 0.15) is 32.8 Å². The van der Waals surface area contributed by atoms with Crippen LogP contribution in [0.5, 0.6) is 11.5 Å². The van der Waals surface area contributed by atoms with Crippen molar-refractivity contribution in [1.29, 1.82) is 0 Å². The summed E-state index contributed by atoms with van der Waals surface area (Å²) >= 11 is 9.14. The molecule has 0 saturated heterocycles. The molecule has 0 aliphatic rings. The van der Waals surface area contributed by atoms with Gasteiger partial charge in [-0.15, -0.1) is 0 Å². The predicted molar refractivity (Wildman–Crippen MR) is 116 cm³/mol. The van der Waals surface area contributed by atoms with Gasteiger partial charge in [0.2, 0.25) is 0 Å². The lowest BCUT2D eigenvalue weighted by Gasteiger charge is -2.23. The van der Waals surface area contributed by atoms with Gasteiger partial charge in [0.1, 0.15) is 11.5 Å². The molecule has 8 heteroatoms. The molecule has 2 amide bonds. The third-order valence-electron chi connectivity index (χ3n) is 4.48. The normalized spacial score (nSPS) is 10.9. The van der Waals surface area contributed by atoms with E-state index in [1.54, 1.807) is 18.2 Å². The molecule has 0 heterocycles. The summed E-state index contributed by atoms with van der Waals surface area (Å²) < 4.78 is 11.4. The first kappa shape index (κ1) is 23.0. The van der Waals surface area contributed by atoms with E-state index in [4.69, 9.17) is 21.1 Å². The zero-order valence-electron chi connectivity index (χ0n) is 16.6. The van der Waals surface area contributed by atoms with E-state index in [1.165, 1.54) is 5.56 Å². The summed E-state index contributed by atoms with van der Waals surface area (Å²) in [5, 5.41) is 0.546. The number of hydrogen-bond donors (Lipinski definition) is 2. The molecule has 0 unspecified atom stereocenters. The van der Waals surface area contributed by atoms with Gasteiger partial charge in [0.25, 0.3) is 11.8 Å². The van der Waals surface area contributed by atoms with Crippen molar-refractivity contribution in [3.63, 3.8) is 0 Å². The molecule has 6 nitrogen and oxygen atoms in total. The molecule has 0 aliphatic carbocycles. The smallest absolute Gasteiger partial charge is 0.276 e. The first-order chi connectivity index (χ1) is 13.7. The lowest BCUT2D eigenvalue weighted by molar-refractivity contribution is -0.131. The Morgan fingerprint density at radius 1 is 1.00 bits per heavy atom. The van der Waals surface area contributed by atoms with E-state index >= 15 is 0 Å². The maximum absolute atomic E-state index is 11.8. The Labute approximate surface area is 184 Å². The van der Waals surface area contributed by atoms with Crippen molar-refractivity contribution in [1.82, 2.24) is 10.9 Å². The van der Waals surface area contributed by atoms with Gasteiger partial charge in [-0.1, -0.05) is 44.5 Å². The number of hydrazine groups is 1. The third kappa shape index (κ3) is 7.25. The Morgan fingerprint density at radius 3 is 2.14 bits per heavy atom. The van der Waals surface area contributed by atoms with Crippen LogP contribution >= 0.6 is 27.5 Å². The molecule has 0 aliphatic heterocycles. The second kappa shape index (κ2) is 10.5. The Morgan fingerprint density at radius 2 is 1.59 bits per heavy atom. The summed E-state index contributed by atoms with van der Waals surface area (Å²) in [5.41, 5.74) is 5.84. The van der Waals surface area contributed by atoms with Crippen LogP contribution in [0.15, 0.2) is 46.9 Å². The van der Waals surface area contributed by atoms with E-state index in [0.29, 0.717) is 21.0 Å². The summed E-state index contributed by atoms with van der Waals surface area (Å²) in [6.07, 6.45) is 1.02. The van der Waals surface area contributed by atoms with Gasteiger partial charge in [0.05, 0.1) is 4.47 Å². The van der Waals surface area contributed by atoms with Crippen molar-refractivity contribution in [2.45, 2.75) is 32.6 Å². The van der Waals surface area contributed by atoms with Gasteiger partial charge in [-0.25, -0.2) is 0 Å². The molecule has 2 N–H and O–H groups in total. The first-order valence-electron chi connectivity index (χ1n) is 9.10. The minimum atomic E-state index is -0.508. The maximum Gasteiger partial charge on any atom is 0.276 e. The molecule has 0 radical (unpaired) electrons. The van der Waals surface area contributed by atoms with E-state index < -0.39 is 11.8 Å². The second-order valence-electron chi connectivity index (χ2n) is 7.01. The molecule has 2 rings (SSSR count). The highest BCUT2D eigenvalue weighted by atomic mass is 79.9. The SMILES string of the molecule is CCC(C)(C)c1ccc(OCC(=O)NNC(=O)COc2ccc(Cl)cc2Br)cc1. The lowest BCUT2D eigenvalue weighted by Crippen LogP contribution is -2.45. The fraction of sp³-hybridized carbons (Fsp3) is 0.333. The topological polar surface area (TPSA) is 76.7 Å². The lowest BCUT2D eigenvalue weighted by atomic mass is 9.82. The van der Waals surface area contributed by atoms with Crippen molar-refractivity contribution in [3.8, 4) is 11.5 Å². The zero-order chi connectivity index (χ0) is 21.4. The number of carbonyl (C=O) groups excluding carboxylic acids is 2. The Kier molecular flexibility index (Phi) is 8.34. The van der Waals surface area contributed by atoms with Gasteiger partial charge < -0.3 is 9.47 Å². The number of hydrogen-bond acceptors (Lipinski definition) is 4. The van der Waals surface area contributed by atoms with Crippen molar-refractivity contribution in [2.75, 3.05) is 13.2 Å². The largest absolute Gasteiger partial charge is 0.484 e. The number of benzene rings is 2. The van der Waals surface area contributed by atoms with Crippen molar-refractivity contribution < 1.29 is 19.1 Å². The summed E-state index contributed by atoms with van der Waals surface area (Å²) in [6.45, 7) is 6.00. The second-order valence-corrected chi connectivity index (χ2v) is 8.30. The molecular formula is C21H24BrClN2O4. The first-order valence-corrected chi connectivity index (χ1v) is 10.3. The van der Waals surface area contributed by atoms with Gasteiger partial charge in [0, 0.05) is 5.02 Å². The zero-order valence-corrected chi connectivity index (χ0v) is 18.9. The Balaban J connectivity index is 1.72. The summed E-state index contributed by atoms with van der Waals surface area (Å²) in [6, 6.07) is 12.6. The standard InChI is InChI=1S/C21H24BrClN2O4/c1-4-21(2,3)14-5-8-16(9-6-14)28-12-19(26)24-25-20(27)13-29-18-10-7-15(23)11-17(18)22/h5-11H,4,12-13H2,1-3H3,(H,24,26)(H,25,27). The highest BCUT2D eigenvalue weighted by molar-refractivity contribution is 9.10. The minimum Gasteiger partial charge on any atom is -0.484 e. The van der Waals surface area contributed by atoms with E-state index in [2.05, 4.69) is 47.6 Å². The van der Waals surface area contributed by atoms with Gasteiger partial charge in [-0.2, -0.15) is 0 Å². The number of ether oxygens (including phenoxy) is 2. The highest BCUT2D eigenvalue weighted by Crippen LogP contribution is 2.28. The molecule has 0 fully saturated rings. The molecule has 156 valence electrons. The average molecular weight is 484 g/mol. The van der Waals surface area contributed by atoms with Crippen LogP contribution in [0, 0.1) is 0 Å². The van der Waals surface area contributed by atoms with Crippen molar-refractivity contribution >= 4 is 39.3 Å². The number of carbonyl (C=O) groups is 2. The van der Waals surface area contributed by atoms with E-state index in [-0.39, 0.29) is 18.6 Å². The monoisotopic (exact) mass is 482 g/mol. The molecule has 0 bridgehead atoms. The Hall–Kier alpha value is -2.25. The molecule has 0 spiro atoms. The van der Waals surface area contributed by atoms with E-state index in [9.17, 15) is 9.59 Å². The van der Waals surface area contributed by atoms with Crippen molar-refractivity contribution in [2.24, 2.45) is 0 Å². The number of amides is 2. The molecule has 0 atom stereocenters. The predicted octanol–water partition coefficient (Wildman–Crippen LogP) is 4.40. The fourth-order valence-corrected chi connectivity index (χ4v) is 3.10. The highest BCUT2D eigenvalue weighted by Gasteiger charge is 2.17. The van der Waals surface area contributed by atoms with Crippen LogP contribution in [0.4, 0.5) is 0 Å². The number of rotatable bonds is 8. The number of halogens is 2.